The second-order valence-corrected chi connectivity index (χ2v) is 15.2. The van der Waals surface area contributed by atoms with Crippen molar-refractivity contribution in [2.24, 2.45) is 0 Å². The number of carbonyl (C=O) groups excluding carboxylic acids is 1. The van der Waals surface area contributed by atoms with Gasteiger partial charge >= 0.3 is 0 Å². The number of nitrogen functional groups attached to an aromatic ring is 1. The van der Waals surface area contributed by atoms with Crippen LogP contribution in [0.2, 0.25) is 0 Å². The maximum atomic E-state index is 10.2. The third-order valence-electron chi connectivity index (χ3n) is 4.47. The van der Waals surface area contributed by atoms with Crippen molar-refractivity contribution < 1.29 is 25.2 Å². The Hall–Kier alpha value is -1.05. The number of aliphatic hydroxyl groups excluding tert-OH is 4. The number of carbonyl (C=O) groups is 1. The molecule has 0 aliphatic rings. The topological polar surface area (TPSA) is 136 Å². The molecule has 0 heterocycles. The number of aldehydes is 1. The van der Waals surface area contributed by atoms with Crippen LogP contribution in [0.5, 0.6) is 0 Å². The minimum Gasteiger partial charge on any atom is -0.399 e. The van der Waals surface area contributed by atoms with Crippen LogP contribution in [0, 0.1) is 0 Å². The van der Waals surface area contributed by atoms with E-state index in [0.29, 0.717) is 5.69 Å². The normalized spacial score (nSPS) is 11.1. The zero-order valence-corrected chi connectivity index (χ0v) is 25.8. The molecule has 7 N–H and O–H groups in total. The highest BCUT2D eigenvalue weighted by Gasteiger charge is 2.18. The molecular weight excluding hydrogens is 549 g/mol. The molecule has 0 aliphatic heterocycles. The minimum absolute atomic E-state index is 0.00846. The molecule has 0 saturated heterocycles. The van der Waals surface area contributed by atoms with Crippen molar-refractivity contribution in [2.45, 2.75) is 63.6 Å². The van der Waals surface area contributed by atoms with Crippen molar-refractivity contribution in [3.63, 3.8) is 0 Å². The fourth-order valence-corrected chi connectivity index (χ4v) is 6.81. The Bertz CT molecular complexity index is 885. The van der Waals surface area contributed by atoms with Gasteiger partial charge in [0.1, 0.15) is 6.29 Å². The van der Waals surface area contributed by atoms with Crippen LogP contribution in [0.1, 0.15) is 49.9 Å². The largest absolute Gasteiger partial charge is 0.399 e. The first-order valence-corrected chi connectivity index (χ1v) is 16.6. The highest BCUT2D eigenvalue weighted by Crippen LogP contribution is 2.34. The molecular formula is C26H42N2O5S4. The van der Waals surface area contributed by atoms with Gasteiger partial charge in [-0.25, -0.2) is 0 Å². The standard InChI is InChI=1S/C13H21NO2S2.C8H11NO2.C5H10OS2/c1-13(2,18-17-3)9-14-12-5-10(7-15)4-11(6-12)8-16;9-8-2-6(4-10)1-7(3-8)5-11;1-5(2,4-6)8-7-3/h4-6,14-16H,7-9H2,1-3H3;1-3,10-11H,4-5,9H2;4H,1-3H3. The molecule has 210 valence electrons. The summed E-state index contributed by atoms with van der Waals surface area (Å²) < 4.78 is -0.0760. The van der Waals surface area contributed by atoms with E-state index in [9.17, 15) is 15.0 Å². The van der Waals surface area contributed by atoms with Crippen LogP contribution in [-0.4, -0.2) is 55.3 Å². The third kappa shape index (κ3) is 16.5. The maximum Gasteiger partial charge on any atom is 0.136 e. The van der Waals surface area contributed by atoms with Gasteiger partial charge in [0, 0.05) is 22.7 Å². The van der Waals surface area contributed by atoms with E-state index in [0.717, 1.165) is 40.8 Å². The summed E-state index contributed by atoms with van der Waals surface area (Å²) in [6.45, 7) is 8.90. The van der Waals surface area contributed by atoms with Gasteiger partial charge in [0.05, 0.1) is 31.2 Å². The van der Waals surface area contributed by atoms with Crippen molar-refractivity contribution in [2.75, 3.05) is 30.1 Å². The Labute approximate surface area is 237 Å². The number of hydrogen-bond acceptors (Lipinski definition) is 11. The van der Waals surface area contributed by atoms with Gasteiger partial charge in [0.2, 0.25) is 0 Å². The predicted molar refractivity (Wildman–Crippen MR) is 166 cm³/mol. The second kappa shape index (κ2) is 19.1. The molecule has 0 aliphatic carbocycles. The van der Waals surface area contributed by atoms with Gasteiger partial charge in [-0.05, 0) is 86.7 Å². The van der Waals surface area contributed by atoms with Crippen molar-refractivity contribution >= 4 is 60.8 Å². The fraction of sp³-hybridized carbons (Fsp3) is 0.500. The molecule has 2 aromatic carbocycles. The number of nitrogens with one attached hydrogen (secondary N) is 1. The first kappa shape index (κ1) is 35.9. The highest BCUT2D eigenvalue weighted by atomic mass is 33.1. The molecule has 2 aromatic rings. The van der Waals surface area contributed by atoms with Crippen LogP contribution >= 0.6 is 43.2 Å². The lowest BCUT2D eigenvalue weighted by Gasteiger charge is -2.23. The summed E-state index contributed by atoms with van der Waals surface area (Å²) in [7, 11) is 6.78. The second-order valence-electron chi connectivity index (χ2n) is 9.09. The summed E-state index contributed by atoms with van der Waals surface area (Å²) in [4.78, 5) is 10.2. The zero-order valence-electron chi connectivity index (χ0n) is 22.5. The number of aliphatic hydroxyl groups is 4. The molecule has 37 heavy (non-hydrogen) atoms. The SMILES string of the molecule is CSSC(C)(C)C=O.CSSC(C)(C)CNc1cc(CO)cc(CO)c1.Nc1cc(CO)cc(CO)c1. The smallest absolute Gasteiger partial charge is 0.136 e. The van der Waals surface area contributed by atoms with Gasteiger partial charge in [-0.1, -0.05) is 55.3 Å². The van der Waals surface area contributed by atoms with Gasteiger partial charge in [-0.15, -0.1) is 0 Å². The van der Waals surface area contributed by atoms with Crippen LogP contribution in [0.3, 0.4) is 0 Å². The molecule has 0 aromatic heterocycles. The molecule has 7 nitrogen and oxygen atoms in total. The minimum atomic E-state index is -0.209. The maximum absolute atomic E-state index is 10.2. The Kier molecular flexibility index (Phi) is 18.5. The van der Waals surface area contributed by atoms with E-state index in [1.807, 2.05) is 49.1 Å². The number of benzene rings is 2. The number of nitrogens with two attached hydrogens (primary N) is 1. The summed E-state index contributed by atoms with van der Waals surface area (Å²) >= 11 is 0. The third-order valence-corrected chi connectivity index (χ3v) is 9.56. The molecule has 11 heteroatoms. The van der Waals surface area contributed by atoms with Crippen LogP contribution in [-0.2, 0) is 31.2 Å². The van der Waals surface area contributed by atoms with Crippen LogP contribution < -0.4 is 11.1 Å². The average Bonchev–Trinajstić information content (AvgIpc) is 2.87. The zero-order chi connectivity index (χ0) is 28.5. The van der Waals surface area contributed by atoms with Crippen molar-refractivity contribution in [1.82, 2.24) is 0 Å². The lowest BCUT2D eigenvalue weighted by Crippen LogP contribution is -2.25. The van der Waals surface area contributed by atoms with Gasteiger partial charge in [-0.2, -0.15) is 0 Å². The number of rotatable bonds is 12. The lowest BCUT2D eigenvalue weighted by molar-refractivity contribution is -0.109. The number of hydrogen-bond donors (Lipinski definition) is 6. The van der Waals surface area contributed by atoms with Gasteiger partial charge in [-0.3, -0.25) is 0 Å². The quantitative estimate of drug-likeness (QED) is 0.112. The van der Waals surface area contributed by atoms with Crippen molar-refractivity contribution in [3.05, 3.63) is 58.7 Å². The Morgan fingerprint density at radius 1 is 0.757 bits per heavy atom. The van der Waals surface area contributed by atoms with Crippen molar-refractivity contribution in [1.29, 1.82) is 0 Å². The predicted octanol–water partition coefficient (Wildman–Crippen LogP) is 5.10. The highest BCUT2D eigenvalue weighted by molar-refractivity contribution is 8.77. The van der Waals surface area contributed by atoms with Gasteiger partial charge < -0.3 is 36.3 Å². The summed E-state index contributed by atoms with van der Waals surface area (Å²) in [6, 6.07) is 10.7. The molecule has 0 radical (unpaired) electrons. The van der Waals surface area contributed by atoms with E-state index in [2.05, 4.69) is 25.4 Å². The van der Waals surface area contributed by atoms with E-state index in [1.54, 1.807) is 50.6 Å². The Balaban J connectivity index is 0.000000580. The molecule has 2 rings (SSSR count). The van der Waals surface area contributed by atoms with E-state index < -0.39 is 0 Å². The van der Waals surface area contributed by atoms with Gasteiger partial charge in [0.25, 0.3) is 0 Å². The van der Waals surface area contributed by atoms with Crippen LogP contribution in [0.15, 0.2) is 36.4 Å². The first-order chi connectivity index (χ1) is 17.4. The average molecular weight is 591 g/mol. The molecule has 0 fully saturated rings. The van der Waals surface area contributed by atoms with Crippen molar-refractivity contribution in [3.8, 4) is 0 Å². The molecule has 0 atom stereocenters. The van der Waals surface area contributed by atoms with Crippen LogP contribution in [0.4, 0.5) is 11.4 Å². The van der Waals surface area contributed by atoms with E-state index >= 15 is 0 Å². The van der Waals surface area contributed by atoms with E-state index in [4.69, 9.17) is 15.9 Å². The summed E-state index contributed by atoms with van der Waals surface area (Å²) in [5.41, 5.74) is 10.1. The van der Waals surface area contributed by atoms with E-state index in [-0.39, 0.29) is 35.9 Å². The lowest BCUT2D eigenvalue weighted by atomic mass is 10.1. The molecule has 0 amide bonds. The molecule has 0 bridgehead atoms. The summed E-state index contributed by atoms with van der Waals surface area (Å²) in [5, 5.41) is 39.2. The Morgan fingerprint density at radius 2 is 1.16 bits per heavy atom. The Morgan fingerprint density at radius 3 is 1.49 bits per heavy atom. The number of anilines is 2. The van der Waals surface area contributed by atoms with Gasteiger partial charge in [0.15, 0.2) is 0 Å². The van der Waals surface area contributed by atoms with Crippen LogP contribution in [0.25, 0.3) is 0 Å². The van der Waals surface area contributed by atoms with E-state index in [1.165, 1.54) is 0 Å². The summed E-state index contributed by atoms with van der Waals surface area (Å²) in [6.07, 6.45) is 5.01. The first-order valence-electron chi connectivity index (χ1n) is 11.5. The molecule has 0 saturated carbocycles. The monoisotopic (exact) mass is 590 g/mol. The molecule has 0 unspecified atom stereocenters. The fourth-order valence-electron chi connectivity index (χ4n) is 2.83. The molecule has 0 spiro atoms. The summed E-state index contributed by atoms with van der Waals surface area (Å²) in [5.74, 6) is 0.